The number of hydrogen-bond donors (Lipinski definition) is 1. The number of carbonyl (C=O) groups excluding carboxylic acids is 1. The Bertz CT molecular complexity index is 745. The average Bonchev–Trinajstić information content (AvgIpc) is 2.69. The molecule has 1 aliphatic rings. The van der Waals surface area contributed by atoms with Crippen molar-refractivity contribution < 1.29 is 4.79 Å². The summed E-state index contributed by atoms with van der Waals surface area (Å²) in [5.74, 6) is 1.34. The number of para-hydroxylation sites is 1. The van der Waals surface area contributed by atoms with Crippen molar-refractivity contribution in [3.8, 4) is 0 Å². The summed E-state index contributed by atoms with van der Waals surface area (Å²) in [5.41, 5.74) is 3.59. The molecule has 3 rings (SSSR count). The summed E-state index contributed by atoms with van der Waals surface area (Å²) in [6.07, 6.45) is 0. The molecule has 0 aromatic heterocycles. The first kappa shape index (κ1) is 20.1. The van der Waals surface area contributed by atoms with Gasteiger partial charge >= 0.3 is 0 Å². The molecular formula is C21H26ClN3OS. The van der Waals surface area contributed by atoms with Crippen molar-refractivity contribution in [3.63, 3.8) is 0 Å². The first-order valence-electron chi connectivity index (χ1n) is 9.22. The van der Waals surface area contributed by atoms with Crippen molar-refractivity contribution in [2.45, 2.75) is 12.3 Å². The number of piperazine rings is 1. The first-order valence-corrected chi connectivity index (χ1v) is 10.8. The third-order valence-corrected chi connectivity index (χ3v) is 5.98. The molecule has 1 heterocycles. The Labute approximate surface area is 170 Å². The van der Waals surface area contributed by atoms with Gasteiger partial charge in [0.2, 0.25) is 5.91 Å². The molecule has 0 spiro atoms. The van der Waals surface area contributed by atoms with Gasteiger partial charge in [0.25, 0.3) is 0 Å². The van der Waals surface area contributed by atoms with E-state index in [1.807, 2.05) is 30.3 Å². The standard InChI is InChI=1S/C21H26ClN3OS/c1-24-10-12-25(13-11-24)20-5-3-2-4-18(20)14-23-21(26)16-27-15-17-6-8-19(22)9-7-17/h2-9H,10-16H2,1H3,(H,23,26). The number of nitrogens with zero attached hydrogens (tertiary/aromatic N) is 2. The van der Waals surface area contributed by atoms with Gasteiger partial charge in [-0.3, -0.25) is 4.79 Å². The van der Waals surface area contributed by atoms with E-state index in [4.69, 9.17) is 11.6 Å². The Balaban J connectivity index is 1.46. The van der Waals surface area contributed by atoms with Gasteiger partial charge in [-0.05, 0) is 36.4 Å². The van der Waals surface area contributed by atoms with Gasteiger partial charge in [-0.1, -0.05) is 41.9 Å². The van der Waals surface area contributed by atoms with Gasteiger partial charge in [0.05, 0.1) is 5.75 Å². The zero-order chi connectivity index (χ0) is 19.1. The summed E-state index contributed by atoms with van der Waals surface area (Å²) >= 11 is 7.51. The monoisotopic (exact) mass is 403 g/mol. The summed E-state index contributed by atoms with van der Waals surface area (Å²) < 4.78 is 0. The topological polar surface area (TPSA) is 35.6 Å². The number of rotatable bonds is 7. The van der Waals surface area contributed by atoms with Crippen LogP contribution in [0.4, 0.5) is 5.69 Å². The lowest BCUT2D eigenvalue weighted by atomic mass is 10.1. The molecular weight excluding hydrogens is 378 g/mol. The normalized spacial score (nSPS) is 15.0. The van der Waals surface area contributed by atoms with E-state index in [0.29, 0.717) is 12.3 Å². The number of thioether (sulfide) groups is 1. The molecule has 1 fully saturated rings. The smallest absolute Gasteiger partial charge is 0.230 e. The van der Waals surface area contributed by atoms with Crippen LogP contribution in [-0.2, 0) is 17.1 Å². The second-order valence-corrected chi connectivity index (χ2v) is 8.24. The summed E-state index contributed by atoms with van der Waals surface area (Å²) in [4.78, 5) is 17.0. The van der Waals surface area contributed by atoms with Crippen LogP contribution in [0.5, 0.6) is 0 Å². The summed E-state index contributed by atoms with van der Waals surface area (Å²) in [6, 6.07) is 16.1. The number of amides is 1. The number of halogens is 1. The third-order valence-electron chi connectivity index (χ3n) is 4.73. The van der Waals surface area contributed by atoms with Crippen LogP contribution in [0.3, 0.4) is 0 Å². The van der Waals surface area contributed by atoms with Gasteiger partial charge in [0.1, 0.15) is 0 Å². The molecule has 2 aromatic carbocycles. The van der Waals surface area contributed by atoms with Crippen molar-refractivity contribution in [2.75, 3.05) is 43.9 Å². The minimum Gasteiger partial charge on any atom is -0.369 e. The van der Waals surface area contributed by atoms with Crippen LogP contribution in [-0.4, -0.2) is 49.8 Å². The predicted molar refractivity (Wildman–Crippen MR) is 116 cm³/mol. The quantitative estimate of drug-likeness (QED) is 0.765. The number of carbonyl (C=O) groups is 1. The third kappa shape index (κ3) is 6.16. The maximum Gasteiger partial charge on any atom is 0.230 e. The van der Waals surface area contributed by atoms with E-state index in [2.05, 4.69) is 40.4 Å². The Morgan fingerprint density at radius 2 is 1.78 bits per heavy atom. The molecule has 1 aliphatic heterocycles. The van der Waals surface area contributed by atoms with Crippen LogP contribution in [0.15, 0.2) is 48.5 Å². The lowest BCUT2D eigenvalue weighted by Gasteiger charge is -2.35. The molecule has 1 saturated heterocycles. The van der Waals surface area contributed by atoms with Crippen molar-refractivity contribution in [2.24, 2.45) is 0 Å². The van der Waals surface area contributed by atoms with E-state index in [1.165, 1.54) is 16.8 Å². The van der Waals surface area contributed by atoms with E-state index in [9.17, 15) is 4.79 Å². The van der Waals surface area contributed by atoms with Crippen molar-refractivity contribution in [1.29, 1.82) is 0 Å². The fourth-order valence-electron chi connectivity index (χ4n) is 3.10. The fraction of sp³-hybridized carbons (Fsp3) is 0.381. The summed E-state index contributed by atoms with van der Waals surface area (Å²) in [6.45, 7) is 4.77. The number of nitrogens with one attached hydrogen (secondary N) is 1. The minimum atomic E-state index is 0.0714. The highest BCUT2D eigenvalue weighted by molar-refractivity contribution is 7.99. The second kappa shape index (κ2) is 10.0. The van der Waals surface area contributed by atoms with Crippen LogP contribution in [0, 0.1) is 0 Å². The molecule has 0 unspecified atom stereocenters. The van der Waals surface area contributed by atoms with Crippen LogP contribution in [0.25, 0.3) is 0 Å². The van der Waals surface area contributed by atoms with E-state index in [-0.39, 0.29) is 5.91 Å². The van der Waals surface area contributed by atoms with Crippen molar-refractivity contribution in [3.05, 3.63) is 64.7 Å². The molecule has 2 aromatic rings. The van der Waals surface area contributed by atoms with Crippen LogP contribution < -0.4 is 10.2 Å². The fourth-order valence-corrected chi connectivity index (χ4v) is 4.05. The van der Waals surface area contributed by atoms with Crippen LogP contribution in [0.2, 0.25) is 5.02 Å². The Hall–Kier alpha value is -1.69. The molecule has 6 heteroatoms. The van der Waals surface area contributed by atoms with Gasteiger partial charge < -0.3 is 15.1 Å². The maximum atomic E-state index is 12.2. The SMILES string of the molecule is CN1CCN(c2ccccc2CNC(=O)CSCc2ccc(Cl)cc2)CC1. The summed E-state index contributed by atoms with van der Waals surface area (Å²) in [7, 11) is 2.16. The van der Waals surface area contributed by atoms with Crippen molar-refractivity contribution in [1.82, 2.24) is 10.2 Å². The highest BCUT2D eigenvalue weighted by Crippen LogP contribution is 2.22. The Morgan fingerprint density at radius 1 is 1.07 bits per heavy atom. The maximum absolute atomic E-state index is 12.2. The number of anilines is 1. The summed E-state index contributed by atoms with van der Waals surface area (Å²) in [5, 5.41) is 3.80. The van der Waals surface area contributed by atoms with E-state index in [1.54, 1.807) is 11.8 Å². The van der Waals surface area contributed by atoms with Crippen molar-refractivity contribution >= 4 is 35.0 Å². The second-order valence-electron chi connectivity index (χ2n) is 6.82. The van der Waals surface area contributed by atoms with Crippen LogP contribution in [0.1, 0.15) is 11.1 Å². The lowest BCUT2D eigenvalue weighted by Crippen LogP contribution is -2.45. The first-order chi connectivity index (χ1) is 13.1. The molecule has 4 nitrogen and oxygen atoms in total. The van der Waals surface area contributed by atoms with Gasteiger partial charge in [0, 0.05) is 49.2 Å². The zero-order valence-corrected chi connectivity index (χ0v) is 17.2. The number of likely N-dealkylation sites (N-methyl/N-ethyl adjacent to an activating group) is 1. The van der Waals surface area contributed by atoms with Gasteiger partial charge in [0.15, 0.2) is 0 Å². The molecule has 1 amide bonds. The average molecular weight is 404 g/mol. The predicted octanol–water partition coefficient (Wildman–Crippen LogP) is 3.64. The number of hydrogen-bond acceptors (Lipinski definition) is 4. The molecule has 0 radical (unpaired) electrons. The molecule has 0 bridgehead atoms. The van der Waals surface area contributed by atoms with E-state index >= 15 is 0 Å². The largest absolute Gasteiger partial charge is 0.369 e. The minimum absolute atomic E-state index is 0.0714. The van der Waals surface area contributed by atoms with E-state index < -0.39 is 0 Å². The Morgan fingerprint density at radius 3 is 2.52 bits per heavy atom. The van der Waals surface area contributed by atoms with E-state index in [0.717, 1.165) is 37.0 Å². The Kier molecular flexibility index (Phi) is 7.44. The van der Waals surface area contributed by atoms with Gasteiger partial charge in [-0.2, -0.15) is 0 Å². The molecule has 0 aliphatic carbocycles. The molecule has 27 heavy (non-hydrogen) atoms. The van der Waals surface area contributed by atoms with Crippen LogP contribution >= 0.6 is 23.4 Å². The molecule has 0 saturated carbocycles. The lowest BCUT2D eigenvalue weighted by molar-refractivity contribution is -0.118. The van der Waals surface area contributed by atoms with Gasteiger partial charge in [-0.25, -0.2) is 0 Å². The van der Waals surface area contributed by atoms with Gasteiger partial charge in [-0.15, -0.1) is 11.8 Å². The number of benzene rings is 2. The molecule has 144 valence electrons. The molecule has 1 N–H and O–H groups in total. The zero-order valence-electron chi connectivity index (χ0n) is 15.7. The molecule has 0 atom stereocenters. The highest BCUT2D eigenvalue weighted by atomic mass is 35.5. The highest BCUT2D eigenvalue weighted by Gasteiger charge is 2.16.